The number of benzene rings is 3. The minimum atomic E-state index is -0.707. The molecule has 2 heterocycles. The minimum absolute atomic E-state index is 0.157. The molecular weight excluding hydrogens is 516 g/mol. The van der Waals surface area contributed by atoms with Crippen molar-refractivity contribution in [1.82, 2.24) is 4.57 Å². The van der Waals surface area contributed by atoms with Crippen LogP contribution in [0.4, 0.5) is 0 Å². The first kappa shape index (κ1) is 26.2. The van der Waals surface area contributed by atoms with Crippen LogP contribution in [-0.2, 0) is 4.79 Å². The molecule has 1 aliphatic rings. The first-order valence-electron chi connectivity index (χ1n) is 12.2. The van der Waals surface area contributed by atoms with E-state index in [1.54, 1.807) is 51.0 Å². The molecular formula is C30H28N2O6S. The van der Waals surface area contributed by atoms with Gasteiger partial charge in [-0.05, 0) is 54.5 Å². The molecule has 1 unspecified atom stereocenters. The highest BCUT2D eigenvalue weighted by Gasteiger charge is 2.33. The molecule has 5 rings (SSSR count). The van der Waals surface area contributed by atoms with E-state index in [9.17, 15) is 9.59 Å². The largest absolute Gasteiger partial charge is 0.496 e. The highest BCUT2D eigenvalue weighted by Crippen LogP contribution is 2.40. The Balaban J connectivity index is 1.82. The Labute approximate surface area is 229 Å². The second kappa shape index (κ2) is 10.4. The third-order valence-corrected chi connectivity index (χ3v) is 7.79. The van der Waals surface area contributed by atoms with E-state index in [0.29, 0.717) is 49.2 Å². The van der Waals surface area contributed by atoms with Gasteiger partial charge in [0.2, 0.25) is 5.75 Å². The molecule has 0 saturated carbocycles. The number of aromatic nitrogens is 1. The van der Waals surface area contributed by atoms with Crippen molar-refractivity contribution in [2.24, 2.45) is 4.99 Å². The third kappa shape index (κ3) is 4.38. The van der Waals surface area contributed by atoms with Crippen LogP contribution in [0.15, 0.2) is 69.6 Å². The molecule has 8 nitrogen and oxygen atoms in total. The van der Waals surface area contributed by atoms with Gasteiger partial charge in [-0.25, -0.2) is 4.99 Å². The van der Waals surface area contributed by atoms with E-state index < -0.39 is 6.04 Å². The molecule has 9 heteroatoms. The molecule has 0 spiro atoms. The number of carbonyl (C=O) groups excluding carboxylic acids is 1. The number of carbonyl (C=O) groups is 1. The number of ketones is 1. The summed E-state index contributed by atoms with van der Waals surface area (Å²) in [5.74, 6) is 1.85. The van der Waals surface area contributed by atoms with E-state index >= 15 is 0 Å². The van der Waals surface area contributed by atoms with Crippen LogP contribution < -0.4 is 33.8 Å². The lowest BCUT2D eigenvalue weighted by molar-refractivity contribution is -0.114. The van der Waals surface area contributed by atoms with Gasteiger partial charge in [0, 0.05) is 16.8 Å². The van der Waals surface area contributed by atoms with E-state index in [1.165, 1.54) is 25.4 Å². The Kier molecular flexibility index (Phi) is 7.01. The van der Waals surface area contributed by atoms with Gasteiger partial charge >= 0.3 is 0 Å². The van der Waals surface area contributed by atoms with Crippen LogP contribution in [0.1, 0.15) is 31.0 Å². The summed E-state index contributed by atoms with van der Waals surface area (Å²) in [5, 5.41) is 1.87. The fourth-order valence-corrected chi connectivity index (χ4v) is 6.16. The fraction of sp³-hybridized carbons (Fsp3) is 0.233. The average Bonchev–Trinajstić information content (AvgIpc) is 3.24. The number of methoxy groups -OCH3 is 4. The normalized spacial score (nSPS) is 15.1. The highest BCUT2D eigenvalue weighted by molar-refractivity contribution is 7.07. The summed E-state index contributed by atoms with van der Waals surface area (Å²) < 4.78 is 24.2. The number of hydrogen-bond donors (Lipinski definition) is 0. The maximum atomic E-state index is 14.1. The van der Waals surface area contributed by atoms with Crippen LogP contribution in [0, 0.1) is 0 Å². The molecule has 1 aromatic heterocycles. The van der Waals surface area contributed by atoms with Crippen molar-refractivity contribution in [3.63, 3.8) is 0 Å². The number of Topliss-reactive ketones (excluding diaryl/α,β-unsaturated/α-hetero) is 1. The number of nitrogens with zero attached hydrogens (tertiary/aromatic N) is 2. The number of thiazole rings is 1. The van der Waals surface area contributed by atoms with E-state index in [4.69, 9.17) is 18.9 Å². The molecule has 4 aromatic rings. The van der Waals surface area contributed by atoms with Gasteiger partial charge in [-0.1, -0.05) is 41.7 Å². The monoisotopic (exact) mass is 544 g/mol. The fourth-order valence-electron chi connectivity index (χ4n) is 5.12. The van der Waals surface area contributed by atoms with Gasteiger partial charge in [0.15, 0.2) is 22.1 Å². The van der Waals surface area contributed by atoms with Crippen molar-refractivity contribution in [1.29, 1.82) is 0 Å². The Morgan fingerprint density at radius 1 is 0.949 bits per heavy atom. The zero-order valence-electron chi connectivity index (χ0n) is 22.5. The number of ether oxygens (including phenoxy) is 4. The average molecular weight is 545 g/mol. The summed E-state index contributed by atoms with van der Waals surface area (Å²) in [6.07, 6.45) is 1.76. The smallest absolute Gasteiger partial charge is 0.271 e. The van der Waals surface area contributed by atoms with E-state index in [1.807, 2.05) is 36.4 Å². The molecule has 39 heavy (non-hydrogen) atoms. The number of rotatable bonds is 7. The van der Waals surface area contributed by atoms with Crippen molar-refractivity contribution < 1.29 is 23.7 Å². The number of allylic oxidation sites excluding steroid dienone is 2. The molecule has 0 bridgehead atoms. The summed E-state index contributed by atoms with van der Waals surface area (Å²) >= 11 is 1.26. The molecule has 0 fully saturated rings. The summed E-state index contributed by atoms with van der Waals surface area (Å²) in [6.45, 7) is 3.31. The minimum Gasteiger partial charge on any atom is -0.496 e. The Morgan fingerprint density at radius 3 is 2.23 bits per heavy atom. The van der Waals surface area contributed by atoms with E-state index in [2.05, 4.69) is 4.99 Å². The predicted molar refractivity (Wildman–Crippen MR) is 151 cm³/mol. The van der Waals surface area contributed by atoms with Crippen LogP contribution in [0.5, 0.6) is 23.0 Å². The topological polar surface area (TPSA) is 88.4 Å². The van der Waals surface area contributed by atoms with Gasteiger partial charge in [0.05, 0.1) is 39.0 Å². The van der Waals surface area contributed by atoms with Crippen LogP contribution in [0.2, 0.25) is 0 Å². The highest BCUT2D eigenvalue weighted by atomic mass is 32.1. The molecule has 200 valence electrons. The first-order valence-corrected chi connectivity index (χ1v) is 13.0. The lowest BCUT2D eigenvalue weighted by Crippen LogP contribution is -2.39. The standard InChI is InChI=1S/C30H28N2O6S/c1-16-25(17(2)33)27(26-20-10-8-7-9-19(20)11-12-21(26)35-3)32-29(34)24(39-30(32)31-16)15-18-13-22(36-4)28(38-6)23(14-18)37-5/h7-15,27H,1-6H3. The van der Waals surface area contributed by atoms with Gasteiger partial charge in [-0.2, -0.15) is 0 Å². The summed E-state index contributed by atoms with van der Waals surface area (Å²) in [5.41, 5.74) is 2.20. The van der Waals surface area contributed by atoms with Crippen LogP contribution in [-0.4, -0.2) is 38.8 Å². The van der Waals surface area contributed by atoms with Crippen molar-refractivity contribution in [2.75, 3.05) is 28.4 Å². The maximum Gasteiger partial charge on any atom is 0.271 e. The zero-order chi connectivity index (χ0) is 27.8. The van der Waals surface area contributed by atoms with Crippen molar-refractivity contribution in [3.05, 3.63) is 90.6 Å². The third-order valence-electron chi connectivity index (χ3n) is 6.81. The molecule has 0 aliphatic carbocycles. The number of fused-ring (bicyclic) bond motifs is 2. The van der Waals surface area contributed by atoms with Crippen molar-refractivity contribution in [3.8, 4) is 23.0 Å². The summed E-state index contributed by atoms with van der Waals surface area (Å²) in [4.78, 5) is 32.3. The van der Waals surface area contributed by atoms with Crippen LogP contribution in [0.3, 0.4) is 0 Å². The quantitative estimate of drug-likeness (QED) is 0.349. The summed E-state index contributed by atoms with van der Waals surface area (Å²) in [7, 11) is 6.21. The van der Waals surface area contributed by atoms with Gasteiger partial charge < -0.3 is 18.9 Å². The van der Waals surface area contributed by atoms with E-state index in [-0.39, 0.29) is 11.3 Å². The van der Waals surface area contributed by atoms with Crippen molar-refractivity contribution >= 4 is 34.0 Å². The molecule has 1 atom stereocenters. The maximum absolute atomic E-state index is 14.1. The van der Waals surface area contributed by atoms with Gasteiger partial charge in [0.25, 0.3) is 5.56 Å². The first-order chi connectivity index (χ1) is 18.8. The molecule has 3 aromatic carbocycles. The Bertz CT molecular complexity index is 1810. The van der Waals surface area contributed by atoms with Gasteiger partial charge in [0.1, 0.15) is 5.75 Å². The lowest BCUT2D eigenvalue weighted by atomic mass is 9.89. The predicted octanol–water partition coefficient (Wildman–Crippen LogP) is 4.01. The lowest BCUT2D eigenvalue weighted by Gasteiger charge is -2.27. The Morgan fingerprint density at radius 2 is 1.62 bits per heavy atom. The second-order valence-corrected chi connectivity index (χ2v) is 10.0. The van der Waals surface area contributed by atoms with Gasteiger partial charge in [-0.3, -0.25) is 14.2 Å². The molecule has 0 N–H and O–H groups in total. The van der Waals surface area contributed by atoms with E-state index in [0.717, 1.165) is 16.3 Å². The molecule has 0 amide bonds. The van der Waals surface area contributed by atoms with Gasteiger partial charge in [-0.15, -0.1) is 0 Å². The zero-order valence-corrected chi connectivity index (χ0v) is 23.3. The second-order valence-electron chi connectivity index (χ2n) is 9.00. The number of hydrogen-bond acceptors (Lipinski definition) is 8. The summed E-state index contributed by atoms with van der Waals surface area (Å²) in [6, 6.07) is 14.5. The molecule has 1 aliphatic heterocycles. The molecule has 0 saturated heterocycles. The van der Waals surface area contributed by atoms with Crippen LogP contribution in [0.25, 0.3) is 16.8 Å². The van der Waals surface area contributed by atoms with Crippen molar-refractivity contribution in [2.45, 2.75) is 19.9 Å². The molecule has 0 radical (unpaired) electrons. The Hall–Kier alpha value is -4.37. The van der Waals surface area contributed by atoms with Crippen LogP contribution >= 0.6 is 11.3 Å². The SMILES string of the molecule is COc1cc(C=c2sc3n(c2=O)C(c2c(OC)ccc4ccccc24)C(C(C)=O)=C(C)N=3)cc(OC)c1OC.